The Labute approximate surface area is 97.2 Å². The maximum atomic E-state index is 11.7. The van der Waals surface area contributed by atoms with Gasteiger partial charge in [-0.15, -0.1) is 6.58 Å². The fourth-order valence-corrected chi connectivity index (χ4v) is 1.57. The van der Waals surface area contributed by atoms with Gasteiger partial charge >= 0.3 is 0 Å². The molecule has 0 spiro atoms. The fourth-order valence-electron chi connectivity index (χ4n) is 1.57. The minimum absolute atomic E-state index is 0.0635. The molecule has 0 heterocycles. The van der Waals surface area contributed by atoms with Gasteiger partial charge in [0.05, 0.1) is 6.61 Å². The van der Waals surface area contributed by atoms with E-state index in [4.69, 9.17) is 10.5 Å². The summed E-state index contributed by atoms with van der Waals surface area (Å²) in [5, 5.41) is 2.94. The van der Waals surface area contributed by atoms with Gasteiger partial charge in [-0.3, -0.25) is 4.79 Å². The highest BCUT2D eigenvalue weighted by atomic mass is 16.5. The highest BCUT2D eigenvalue weighted by Crippen LogP contribution is 2.32. The molecule has 3 N–H and O–H groups in total. The summed E-state index contributed by atoms with van der Waals surface area (Å²) in [6.07, 6.45) is 4.48. The minimum atomic E-state index is -0.409. The normalized spacial score (nSPS) is 18.9. The Morgan fingerprint density at radius 3 is 2.88 bits per heavy atom. The van der Waals surface area contributed by atoms with E-state index in [2.05, 4.69) is 11.9 Å². The van der Waals surface area contributed by atoms with E-state index in [9.17, 15) is 4.79 Å². The third-order valence-electron chi connectivity index (χ3n) is 2.83. The number of amides is 1. The first-order chi connectivity index (χ1) is 7.69. The van der Waals surface area contributed by atoms with Crippen LogP contribution >= 0.6 is 0 Å². The number of nitrogens with one attached hydrogen (secondary N) is 1. The number of rotatable bonds is 8. The zero-order valence-corrected chi connectivity index (χ0v) is 9.95. The number of hydrogen-bond acceptors (Lipinski definition) is 3. The van der Waals surface area contributed by atoms with Crippen molar-refractivity contribution < 1.29 is 9.53 Å². The van der Waals surface area contributed by atoms with Crippen molar-refractivity contribution in [3.05, 3.63) is 12.7 Å². The summed E-state index contributed by atoms with van der Waals surface area (Å²) in [5.41, 5.74) is 5.61. The van der Waals surface area contributed by atoms with Crippen molar-refractivity contribution >= 4 is 5.91 Å². The first-order valence-corrected chi connectivity index (χ1v) is 5.92. The molecule has 0 aliphatic heterocycles. The summed E-state index contributed by atoms with van der Waals surface area (Å²) in [5.74, 6) is 0.515. The van der Waals surface area contributed by atoms with Gasteiger partial charge in [-0.05, 0) is 32.1 Å². The molecule has 1 aliphatic rings. The second kappa shape index (κ2) is 6.66. The Balaban J connectivity index is 2.23. The Bertz CT molecular complexity index is 239. The number of ether oxygens (including phenoxy) is 1. The zero-order chi connectivity index (χ0) is 12.0. The number of carbonyl (C=O) groups excluding carboxylic acids is 1. The maximum Gasteiger partial charge on any atom is 0.249 e. The minimum Gasteiger partial charge on any atom is -0.368 e. The standard InChI is InChI=1S/C12H22N2O2/c1-3-4-7-16-9(2)12(15)14-11(8-13)10-5-6-10/h3,9-11H,1,4-8,13H2,2H3,(H,14,15). The molecule has 0 bridgehead atoms. The first-order valence-electron chi connectivity index (χ1n) is 5.92. The quantitative estimate of drug-likeness (QED) is 0.476. The van der Waals surface area contributed by atoms with Gasteiger partial charge in [-0.2, -0.15) is 0 Å². The molecule has 0 aromatic heterocycles. The lowest BCUT2D eigenvalue weighted by Gasteiger charge is -2.19. The van der Waals surface area contributed by atoms with Crippen molar-refractivity contribution in [3.8, 4) is 0 Å². The molecule has 0 saturated heterocycles. The predicted octanol–water partition coefficient (Wildman–Crippen LogP) is 0.821. The van der Waals surface area contributed by atoms with E-state index in [1.54, 1.807) is 13.0 Å². The van der Waals surface area contributed by atoms with Gasteiger partial charge in [0.15, 0.2) is 0 Å². The summed E-state index contributed by atoms with van der Waals surface area (Å²) < 4.78 is 5.37. The Hall–Kier alpha value is -0.870. The molecule has 0 aromatic rings. The fraction of sp³-hybridized carbons (Fsp3) is 0.750. The average molecular weight is 226 g/mol. The molecule has 0 radical (unpaired) electrons. The molecule has 1 saturated carbocycles. The van der Waals surface area contributed by atoms with Gasteiger partial charge in [-0.25, -0.2) is 0 Å². The summed E-state index contributed by atoms with van der Waals surface area (Å²) in [7, 11) is 0. The maximum absolute atomic E-state index is 11.7. The van der Waals surface area contributed by atoms with Crippen LogP contribution in [0.25, 0.3) is 0 Å². The molecule has 4 nitrogen and oxygen atoms in total. The van der Waals surface area contributed by atoms with Crippen LogP contribution in [0.3, 0.4) is 0 Å². The molecule has 1 aliphatic carbocycles. The third kappa shape index (κ3) is 4.33. The summed E-state index contributed by atoms with van der Waals surface area (Å²) in [6, 6.07) is 0.123. The summed E-state index contributed by atoms with van der Waals surface area (Å²) >= 11 is 0. The number of hydrogen-bond donors (Lipinski definition) is 2. The lowest BCUT2D eigenvalue weighted by Crippen LogP contribution is -2.46. The van der Waals surface area contributed by atoms with Crippen molar-refractivity contribution in [2.24, 2.45) is 11.7 Å². The number of carbonyl (C=O) groups is 1. The van der Waals surface area contributed by atoms with Crippen LogP contribution < -0.4 is 11.1 Å². The average Bonchev–Trinajstić information content (AvgIpc) is 3.09. The van der Waals surface area contributed by atoms with Crippen LogP contribution in [0.4, 0.5) is 0 Å². The molecule has 0 aromatic carbocycles. The van der Waals surface area contributed by atoms with Crippen LogP contribution in [0.2, 0.25) is 0 Å². The molecule has 2 unspecified atom stereocenters. The van der Waals surface area contributed by atoms with E-state index in [1.807, 2.05) is 0 Å². The van der Waals surface area contributed by atoms with Gasteiger partial charge in [0, 0.05) is 12.6 Å². The Morgan fingerprint density at radius 1 is 1.69 bits per heavy atom. The van der Waals surface area contributed by atoms with E-state index in [1.165, 1.54) is 12.8 Å². The van der Waals surface area contributed by atoms with Gasteiger partial charge in [0.1, 0.15) is 6.10 Å². The van der Waals surface area contributed by atoms with E-state index >= 15 is 0 Å². The molecule has 2 atom stereocenters. The van der Waals surface area contributed by atoms with Crippen LogP contribution in [0.1, 0.15) is 26.2 Å². The van der Waals surface area contributed by atoms with E-state index in [0.717, 1.165) is 6.42 Å². The second-order valence-corrected chi connectivity index (χ2v) is 4.28. The van der Waals surface area contributed by atoms with Crippen molar-refractivity contribution in [1.29, 1.82) is 0 Å². The predicted molar refractivity (Wildman–Crippen MR) is 63.9 cm³/mol. The highest BCUT2D eigenvalue weighted by Gasteiger charge is 2.32. The SMILES string of the molecule is C=CCCOC(C)C(=O)NC(CN)C1CC1. The monoisotopic (exact) mass is 226 g/mol. The molecule has 1 rings (SSSR count). The van der Waals surface area contributed by atoms with Crippen LogP contribution in [-0.4, -0.2) is 31.2 Å². The zero-order valence-electron chi connectivity index (χ0n) is 9.95. The van der Waals surface area contributed by atoms with Crippen molar-refractivity contribution in [1.82, 2.24) is 5.32 Å². The summed E-state index contributed by atoms with van der Waals surface area (Å²) in [4.78, 5) is 11.7. The van der Waals surface area contributed by atoms with Crippen molar-refractivity contribution in [2.45, 2.75) is 38.3 Å². The van der Waals surface area contributed by atoms with Crippen molar-refractivity contribution in [2.75, 3.05) is 13.2 Å². The van der Waals surface area contributed by atoms with E-state index in [-0.39, 0.29) is 11.9 Å². The number of nitrogens with two attached hydrogens (primary N) is 1. The van der Waals surface area contributed by atoms with Crippen LogP contribution in [-0.2, 0) is 9.53 Å². The van der Waals surface area contributed by atoms with Crippen LogP contribution in [0.5, 0.6) is 0 Å². The second-order valence-electron chi connectivity index (χ2n) is 4.28. The Kier molecular flexibility index (Phi) is 5.49. The summed E-state index contributed by atoms with van der Waals surface area (Å²) in [6.45, 7) is 6.41. The molecular weight excluding hydrogens is 204 g/mol. The smallest absolute Gasteiger partial charge is 0.249 e. The van der Waals surface area contributed by atoms with E-state index < -0.39 is 6.10 Å². The lowest BCUT2D eigenvalue weighted by molar-refractivity contribution is -0.132. The topological polar surface area (TPSA) is 64.3 Å². The third-order valence-corrected chi connectivity index (χ3v) is 2.83. The van der Waals surface area contributed by atoms with E-state index in [0.29, 0.717) is 19.1 Å². The van der Waals surface area contributed by atoms with Crippen LogP contribution in [0.15, 0.2) is 12.7 Å². The van der Waals surface area contributed by atoms with Crippen LogP contribution in [0, 0.1) is 5.92 Å². The molecular formula is C12H22N2O2. The van der Waals surface area contributed by atoms with Gasteiger partial charge in [0.25, 0.3) is 0 Å². The lowest BCUT2D eigenvalue weighted by atomic mass is 10.2. The largest absolute Gasteiger partial charge is 0.368 e. The van der Waals surface area contributed by atoms with Crippen molar-refractivity contribution in [3.63, 3.8) is 0 Å². The molecule has 92 valence electrons. The first kappa shape index (κ1) is 13.2. The molecule has 16 heavy (non-hydrogen) atoms. The van der Waals surface area contributed by atoms with Gasteiger partial charge < -0.3 is 15.8 Å². The molecule has 1 amide bonds. The Morgan fingerprint density at radius 2 is 2.38 bits per heavy atom. The molecule has 1 fully saturated rings. The van der Waals surface area contributed by atoms with Gasteiger partial charge in [-0.1, -0.05) is 6.08 Å². The highest BCUT2D eigenvalue weighted by molar-refractivity contribution is 5.80. The molecule has 4 heteroatoms. The van der Waals surface area contributed by atoms with Gasteiger partial charge in [0.2, 0.25) is 5.91 Å².